The molecule has 1 heterocycles. The van der Waals surface area contributed by atoms with Gasteiger partial charge in [0.2, 0.25) is 0 Å². The second kappa shape index (κ2) is 12.3. The molecule has 1 aromatic heterocycles. The molecule has 5 N–H and O–H groups in total. The number of nitrogens with two attached hydrogens (primary N) is 2. The zero-order valence-electron chi connectivity index (χ0n) is 19.7. The first-order chi connectivity index (χ1) is 16.4. The van der Waals surface area contributed by atoms with Gasteiger partial charge in [0.1, 0.15) is 11.9 Å². The largest absolute Gasteiger partial charge is 0.480 e. The van der Waals surface area contributed by atoms with Gasteiger partial charge in [-0.1, -0.05) is 48.0 Å². The molecule has 3 rings (SSSR count). The number of benzene rings is 2. The molecule has 0 amide bonds. The van der Waals surface area contributed by atoms with Gasteiger partial charge in [-0.05, 0) is 62.9 Å². The lowest BCUT2D eigenvalue weighted by Crippen LogP contribution is -2.46. The van der Waals surface area contributed by atoms with Crippen LogP contribution in [0.4, 0.5) is 5.82 Å². The Labute approximate surface area is 200 Å². The Hall–Kier alpha value is -3.29. The Balaban J connectivity index is 1.84. The third-order valence-electron chi connectivity index (χ3n) is 6.05. The summed E-state index contributed by atoms with van der Waals surface area (Å²) in [6.45, 7) is 2.93. The van der Waals surface area contributed by atoms with Crippen molar-refractivity contribution in [3.05, 3.63) is 71.8 Å². The van der Waals surface area contributed by atoms with Crippen LogP contribution >= 0.6 is 0 Å². The molecule has 0 aliphatic rings. The number of rotatable bonds is 13. The normalized spacial score (nSPS) is 12.9. The highest BCUT2D eigenvalue weighted by atomic mass is 16.4. The minimum Gasteiger partial charge on any atom is -0.480 e. The molecule has 7 nitrogen and oxygen atoms in total. The number of carboxylic acid groups (broad SMARTS) is 1. The molecule has 7 heteroatoms. The minimum absolute atomic E-state index is 0.180. The van der Waals surface area contributed by atoms with E-state index in [1.165, 1.54) is 11.1 Å². The van der Waals surface area contributed by atoms with Crippen molar-refractivity contribution in [3.63, 3.8) is 0 Å². The smallest absolute Gasteiger partial charge is 0.326 e. The number of anilines is 1. The van der Waals surface area contributed by atoms with E-state index in [0.29, 0.717) is 31.7 Å². The lowest BCUT2D eigenvalue weighted by Gasteiger charge is -2.30. The molecule has 0 bridgehead atoms. The molecular formula is C27H34N4O3. The van der Waals surface area contributed by atoms with Crippen LogP contribution in [-0.2, 0) is 16.0 Å². The van der Waals surface area contributed by atoms with Gasteiger partial charge in [-0.15, -0.1) is 0 Å². The van der Waals surface area contributed by atoms with Crippen LogP contribution in [0.3, 0.4) is 0 Å². The van der Waals surface area contributed by atoms with Gasteiger partial charge in [0.05, 0.1) is 11.6 Å². The number of pyridine rings is 1. The Morgan fingerprint density at radius 1 is 1.03 bits per heavy atom. The summed E-state index contributed by atoms with van der Waals surface area (Å²) >= 11 is 0. The Kier molecular flexibility index (Phi) is 9.13. The van der Waals surface area contributed by atoms with Crippen LogP contribution in [-0.4, -0.2) is 47.0 Å². The van der Waals surface area contributed by atoms with Crippen LogP contribution < -0.4 is 16.4 Å². The van der Waals surface area contributed by atoms with E-state index >= 15 is 0 Å². The zero-order chi connectivity index (χ0) is 24.5. The van der Waals surface area contributed by atoms with E-state index in [1.807, 2.05) is 43.3 Å². The molecule has 0 saturated carbocycles. The highest BCUT2D eigenvalue weighted by Gasteiger charge is 2.31. The third-order valence-corrected chi connectivity index (χ3v) is 6.05. The highest BCUT2D eigenvalue weighted by molar-refractivity contribution is 5.91. The maximum Gasteiger partial charge on any atom is 0.326 e. The van der Waals surface area contributed by atoms with E-state index in [1.54, 1.807) is 4.90 Å². The summed E-state index contributed by atoms with van der Waals surface area (Å²) in [5, 5.41) is 11.1. The molecule has 0 fully saturated rings. The summed E-state index contributed by atoms with van der Waals surface area (Å²) in [6.07, 6.45) is 2.40. The number of carbonyl (C=O) groups excluding carboxylic acids is 1. The van der Waals surface area contributed by atoms with Crippen molar-refractivity contribution in [3.8, 4) is 0 Å². The summed E-state index contributed by atoms with van der Waals surface area (Å²) in [6, 6.07) is 18.0. The number of hydrogen-bond acceptors (Lipinski definition) is 6. The van der Waals surface area contributed by atoms with Crippen molar-refractivity contribution in [1.82, 2.24) is 4.98 Å². The van der Waals surface area contributed by atoms with Gasteiger partial charge in [0.25, 0.3) is 0 Å². The standard InChI is InChI=1S/C27H34N4O3/c1-19-10-12-20(13-11-19)6-5-17-31(26-15-14-21-7-2-3-9-23(21)30-26)24(27(33)34)18-25(32)22(29)8-4-16-28/h2-3,7,9-15,22,24H,4-6,8,16-18,28-29H2,1H3,(H,33,34)/t22-,24+/m1/s1. The van der Waals surface area contributed by atoms with Gasteiger partial charge in [-0.2, -0.15) is 0 Å². The summed E-state index contributed by atoms with van der Waals surface area (Å²) in [7, 11) is 0. The molecule has 2 aromatic carbocycles. The molecular weight excluding hydrogens is 428 g/mol. The number of hydrogen-bond donors (Lipinski definition) is 3. The van der Waals surface area contributed by atoms with Crippen molar-refractivity contribution < 1.29 is 14.7 Å². The first kappa shape index (κ1) is 25.3. The molecule has 3 aromatic rings. The molecule has 0 aliphatic heterocycles. The first-order valence-corrected chi connectivity index (χ1v) is 11.8. The predicted octanol–water partition coefficient (Wildman–Crippen LogP) is 3.46. The van der Waals surface area contributed by atoms with Crippen LogP contribution in [0.2, 0.25) is 0 Å². The number of Topliss-reactive ketones (excluding diaryl/α,β-unsaturated/α-hetero) is 1. The average molecular weight is 463 g/mol. The molecule has 0 unspecified atom stereocenters. The topological polar surface area (TPSA) is 123 Å². The van der Waals surface area contributed by atoms with Gasteiger partial charge in [-0.25, -0.2) is 9.78 Å². The summed E-state index contributed by atoms with van der Waals surface area (Å²) in [5.74, 6) is -0.798. The SMILES string of the molecule is Cc1ccc(CCCN(c2ccc3ccccc3n2)[C@@H](CC(=O)[C@H](N)CCCN)C(=O)O)cc1. The predicted molar refractivity (Wildman–Crippen MR) is 136 cm³/mol. The number of aliphatic carboxylic acids is 1. The van der Waals surface area contributed by atoms with E-state index in [-0.39, 0.29) is 12.2 Å². The summed E-state index contributed by atoms with van der Waals surface area (Å²) in [4.78, 5) is 31.6. The van der Waals surface area contributed by atoms with Gasteiger partial charge in [0, 0.05) is 18.4 Å². The molecule has 0 radical (unpaired) electrons. The number of carboxylic acids is 1. The van der Waals surface area contributed by atoms with Crippen LogP contribution in [0.25, 0.3) is 10.9 Å². The molecule has 0 aliphatic carbocycles. The number of carbonyl (C=O) groups is 2. The molecule has 34 heavy (non-hydrogen) atoms. The van der Waals surface area contributed by atoms with E-state index in [9.17, 15) is 14.7 Å². The fourth-order valence-electron chi connectivity index (χ4n) is 4.03. The highest BCUT2D eigenvalue weighted by Crippen LogP contribution is 2.23. The lowest BCUT2D eigenvalue weighted by atomic mass is 9.99. The number of nitrogens with zero attached hydrogens (tertiary/aromatic N) is 2. The number of aromatic nitrogens is 1. The van der Waals surface area contributed by atoms with E-state index in [0.717, 1.165) is 23.7 Å². The third kappa shape index (κ3) is 6.85. The fourth-order valence-corrected chi connectivity index (χ4v) is 4.03. The number of ketones is 1. The fraction of sp³-hybridized carbons (Fsp3) is 0.370. The van der Waals surface area contributed by atoms with Gasteiger partial charge >= 0.3 is 5.97 Å². The van der Waals surface area contributed by atoms with Crippen LogP contribution in [0.1, 0.15) is 36.8 Å². The lowest BCUT2D eigenvalue weighted by molar-refractivity contribution is -0.140. The van der Waals surface area contributed by atoms with Crippen LogP contribution in [0.5, 0.6) is 0 Å². The minimum atomic E-state index is -1.07. The summed E-state index contributed by atoms with van der Waals surface area (Å²) < 4.78 is 0. The molecule has 0 spiro atoms. The maximum absolute atomic E-state index is 12.8. The zero-order valence-corrected chi connectivity index (χ0v) is 19.7. The van der Waals surface area contributed by atoms with Crippen LogP contribution in [0, 0.1) is 6.92 Å². The molecule has 0 saturated heterocycles. The van der Waals surface area contributed by atoms with E-state index < -0.39 is 18.1 Å². The van der Waals surface area contributed by atoms with Crippen molar-refractivity contribution in [1.29, 1.82) is 0 Å². The molecule has 2 atom stereocenters. The Bertz CT molecular complexity index is 1100. The van der Waals surface area contributed by atoms with Crippen LogP contribution in [0.15, 0.2) is 60.7 Å². The van der Waals surface area contributed by atoms with Crippen molar-refractivity contribution in [2.45, 2.75) is 51.1 Å². The van der Waals surface area contributed by atoms with Gasteiger partial charge in [0.15, 0.2) is 5.78 Å². The summed E-state index contributed by atoms with van der Waals surface area (Å²) in [5.41, 5.74) is 14.7. The van der Waals surface area contributed by atoms with E-state index in [2.05, 4.69) is 24.3 Å². The van der Waals surface area contributed by atoms with Crippen molar-refractivity contribution in [2.75, 3.05) is 18.0 Å². The Morgan fingerprint density at radius 2 is 1.76 bits per heavy atom. The second-order valence-corrected chi connectivity index (χ2v) is 8.71. The number of aryl methyl sites for hydroxylation is 2. The van der Waals surface area contributed by atoms with Gasteiger partial charge < -0.3 is 21.5 Å². The number of para-hydroxylation sites is 1. The maximum atomic E-state index is 12.8. The Morgan fingerprint density at radius 3 is 2.47 bits per heavy atom. The van der Waals surface area contributed by atoms with Gasteiger partial charge in [-0.3, -0.25) is 4.79 Å². The monoisotopic (exact) mass is 462 g/mol. The second-order valence-electron chi connectivity index (χ2n) is 8.71. The average Bonchev–Trinajstić information content (AvgIpc) is 2.84. The van der Waals surface area contributed by atoms with Crippen molar-refractivity contribution >= 4 is 28.5 Å². The quantitative estimate of drug-likeness (QED) is 0.355. The van der Waals surface area contributed by atoms with E-state index in [4.69, 9.17) is 16.5 Å². The van der Waals surface area contributed by atoms with Crippen molar-refractivity contribution in [2.24, 2.45) is 11.5 Å². The first-order valence-electron chi connectivity index (χ1n) is 11.8. The number of fused-ring (bicyclic) bond motifs is 1. The molecule has 180 valence electrons.